The van der Waals surface area contributed by atoms with E-state index in [9.17, 15) is 4.79 Å². The second-order valence-corrected chi connectivity index (χ2v) is 3.33. The largest absolute Gasteiger partial charge is 0.477 e. The smallest absolute Gasteiger partial charge is 0.359 e. The van der Waals surface area contributed by atoms with Gasteiger partial charge in [0.1, 0.15) is 13.1 Å². The topological polar surface area (TPSA) is 66.8 Å². The molecule has 0 aliphatic carbocycles. The fourth-order valence-electron chi connectivity index (χ4n) is 1.15. The summed E-state index contributed by atoms with van der Waals surface area (Å²) in [6.07, 6.45) is 0. The number of carboxylic acid groups (broad SMARTS) is 1. The van der Waals surface area contributed by atoms with Gasteiger partial charge in [-0.05, 0) is 0 Å². The molecule has 0 aliphatic heterocycles. The zero-order valence-electron chi connectivity index (χ0n) is 8.19. The molecule has 1 atom stereocenters. The molecule has 0 aromatic rings. The fraction of sp³-hybridized carbons (Fsp3) is 0.875. The molecule has 13 heavy (non-hydrogen) atoms. The number of hydrogen-bond acceptors (Lipinski definition) is 3. The Bertz CT molecular complexity index is 162. The van der Waals surface area contributed by atoms with E-state index < -0.39 is 5.97 Å². The van der Waals surface area contributed by atoms with Gasteiger partial charge < -0.3 is 19.4 Å². The maximum atomic E-state index is 10.5. The van der Waals surface area contributed by atoms with Crippen LogP contribution < -0.4 is 0 Å². The van der Waals surface area contributed by atoms with Crippen molar-refractivity contribution in [1.29, 1.82) is 0 Å². The lowest BCUT2D eigenvalue weighted by Gasteiger charge is -2.31. The number of aliphatic carboxylic acids is 1. The monoisotopic (exact) mass is 192 g/mol. The van der Waals surface area contributed by atoms with E-state index in [-0.39, 0.29) is 13.2 Å². The molecule has 5 heteroatoms. The minimum Gasteiger partial charge on any atom is -0.477 e. The summed E-state index contributed by atoms with van der Waals surface area (Å²) in [5, 5.41) is 17.4. The minimum absolute atomic E-state index is 0.00645. The van der Waals surface area contributed by atoms with E-state index in [4.69, 9.17) is 14.9 Å². The van der Waals surface area contributed by atoms with E-state index in [0.717, 1.165) is 0 Å². The predicted octanol–water partition coefficient (Wildman–Crippen LogP) is -0.844. The SMILES string of the molecule is COCC[N+](C)(CCO)CC(=O)O. The van der Waals surface area contributed by atoms with Crippen LogP contribution in [0.3, 0.4) is 0 Å². The van der Waals surface area contributed by atoms with Gasteiger partial charge in [-0.25, -0.2) is 4.79 Å². The Morgan fingerprint density at radius 3 is 2.46 bits per heavy atom. The van der Waals surface area contributed by atoms with Crippen LogP contribution in [0.4, 0.5) is 0 Å². The third-order valence-electron chi connectivity index (χ3n) is 1.99. The van der Waals surface area contributed by atoms with E-state index >= 15 is 0 Å². The average molecular weight is 192 g/mol. The van der Waals surface area contributed by atoms with Gasteiger partial charge in [-0.1, -0.05) is 0 Å². The van der Waals surface area contributed by atoms with E-state index in [0.29, 0.717) is 24.2 Å². The van der Waals surface area contributed by atoms with Gasteiger partial charge in [0.15, 0.2) is 6.54 Å². The second-order valence-electron chi connectivity index (χ2n) is 3.33. The maximum absolute atomic E-state index is 10.5. The first-order valence-electron chi connectivity index (χ1n) is 4.19. The van der Waals surface area contributed by atoms with Crippen LogP contribution in [0.2, 0.25) is 0 Å². The summed E-state index contributed by atoms with van der Waals surface area (Å²) >= 11 is 0. The zero-order chi connectivity index (χ0) is 10.3. The van der Waals surface area contributed by atoms with E-state index in [2.05, 4.69) is 0 Å². The van der Waals surface area contributed by atoms with Crippen LogP contribution in [0.5, 0.6) is 0 Å². The van der Waals surface area contributed by atoms with Crippen molar-refractivity contribution in [2.75, 3.05) is 47.0 Å². The first-order chi connectivity index (χ1) is 6.04. The number of likely N-dealkylation sites (N-methyl/N-ethyl adjacent to an activating group) is 1. The summed E-state index contributed by atoms with van der Waals surface area (Å²) in [4.78, 5) is 10.5. The number of methoxy groups -OCH3 is 1. The molecule has 0 spiro atoms. The van der Waals surface area contributed by atoms with Gasteiger partial charge >= 0.3 is 5.97 Å². The summed E-state index contributed by atoms with van der Waals surface area (Å²) in [7, 11) is 3.37. The lowest BCUT2D eigenvalue weighted by molar-refractivity contribution is -0.903. The number of aliphatic hydroxyl groups excluding tert-OH is 1. The lowest BCUT2D eigenvalue weighted by Crippen LogP contribution is -2.51. The molecule has 1 unspecified atom stereocenters. The molecule has 0 fully saturated rings. The van der Waals surface area contributed by atoms with Crippen molar-refractivity contribution in [1.82, 2.24) is 0 Å². The van der Waals surface area contributed by atoms with Crippen LogP contribution in [0.25, 0.3) is 0 Å². The first kappa shape index (κ1) is 12.3. The molecule has 5 nitrogen and oxygen atoms in total. The number of carboxylic acids is 1. The number of carbonyl (C=O) groups is 1. The quantitative estimate of drug-likeness (QED) is 0.516. The Morgan fingerprint density at radius 1 is 1.46 bits per heavy atom. The highest BCUT2D eigenvalue weighted by Gasteiger charge is 2.23. The van der Waals surface area contributed by atoms with Gasteiger partial charge in [0.25, 0.3) is 0 Å². The molecule has 0 saturated heterocycles. The fourth-order valence-corrected chi connectivity index (χ4v) is 1.15. The van der Waals surface area contributed by atoms with Crippen molar-refractivity contribution < 1.29 is 24.2 Å². The summed E-state index contributed by atoms with van der Waals surface area (Å²) in [5.74, 6) is -0.855. The molecule has 0 saturated carbocycles. The van der Waals surface area contributed by atoms with Crippen molar-refractivity contribution in [2.24, 2.45) is 0 Å². The first-order valence-corrected chi connectivity index (χ1v) is 4.19. The zero-order valence-corrected chi connectivity index (χ0v) is 8.19. The molecule has 0 aromatic heterocycles. The van der Waals surface area contributed by atoms with Gasteiger partial charge in [-0.2, -0.15) is 0 Å². The van der Waals surface area contributed by atoms with Crippen molar-refractivity contribution in [3.05, 3.63) is 0 Å². The molecule has 0 amide bonds. The third-order valence-corrected chi connectivity index (χ3v) is 1.99. The predicted molar refractivity (Wildman–Crippen MR) is 47.4 cm³/mol. The molecule has 0 bridgehead atoms. The van der Waals surface area contributed by atoms with Crippen LogP contribution in [0.1, 0.15) is 0 Å². The lowest BCUT2D eigenvalue weighted by atomic mass is 10.3. The molecule has 0 aliphatic rings. The second kappa shape index (κ2) is 5.90. The van der Waals surface area contributed by atoms with Gasteiger partial charge in [-0.3, -0.25) is 0 Å². The minimum atomic E-state index is -0.855. The Kier molecular flexibility index (Phi) is 5.61. The maximum Gasteiger partial charge on any atom is 0.359 e. The summed E-state index contributed by atoms with van der Waals surface area (Å²) in [6.45, 7) is 1.56. The third kappa shape index (κ3) is 5.57. The average Bonchev–Trinajstić information content (AvgIpc) is 2.00. The normalized spacial score (nSPS) is 15.3. The number of ether oxygens (including phenoxy) is 1. The van der Waals surface area contributed by atoms with Crippen molar-refractivity contribution >= 4 is 5.97 Å². The molecular weight excluding hydrogens is 174 g/mol. The number of rotatable bonds is 7. The summed E-state index contributed by atoms with van der Waals surface area (Å²) in [6, 6.07) is 0. The highest BCUT2D eigenvalue weighted by atomic mass is 16.5. The standard InChI is InChI=1S/C8H17NO4/c1-9(3-5-10,4-6-13-2)7-8(11)12/h10H,3-7H2,1-2H3/p+1. The Labute approximate surface area is 78.1 Å². The van der Waals surface area contributed by atoms with Crippen molar-refractivity contribution in [3.8, 4) is 0 Å². The van der Waals surface area contributed by atoms with Crippen molar-refractivity contribution in [3.63, 3.8) is 0 Å². The van der Waals surface area contributed by atoms with Crippen LogP contribution in [0, 0.1) is 0 Å². The Hall–Kier alpha value is -0.650. The number of quaternary nitrogens is 1. The van der Waals surface area contributed by atoms with Crippen LogP contribution in [0.15, 0.2) is 0 Å². The summed E-state index contributed by atoms with van der Waals surface area (Å²) in [5.41, 5.74) is 0. The van der Waals surface area contributed by atoms with Gasteiger partial charge in [0.2, 0.25) is 0 Å². The molecular formula is C8H18NO4+. The summed E-state index contributed by atoms with van der Waals surface area (Å²) < 4.78 is 5.18. The van der Waals surface area contributed by atoms with E-state index in [1.165, 1.54) is 0 Å². The van der Waals surface area contributed by atoms with Gasteiger partial charge in [0.05, 0.1) is 20.3 Å². The van der Waals surface area contributed by atoms with Gasteiger partial charge in [0, 0.05) is 7.11 Å². The van der Waals surface area contributed by atoms with E-state index in [1.807, 2.05) is 0 Å². The molecule has 0 rings (SSSR count). The number of hydrogen-bond donors (Lipinski definition) is 2. The van der Waals surface area contributed by atoms with E-state index in [1.54, 1.807) is 14.2 Å². The van der Waals surface area contributed by atoms with Crippen LogP contribution in [-0.4, -0.2) is 67.7 Å². The van der Waals surface area contributed by atoms with Crippen LogP contribution >= 0.6 is 0 Å². The Balaban J connectivity index is 4.06. The molecule has 0 heterocycles. The number of nitrogens with zero attached hydrogens (tertiary/aromatic N) is 1. The van der Waals surface area contributed by atoms with Crippen LogP contribution in [-0.2, 0) is 9.53 Å². The highest BCUT2D eigenvalue weighted by molar-refractivity contribution is 5.67. The van der Waals surface area contributed by atoms with Gasteiger partial charge in [-0.15, -0.1) is 0 Å². The number of aliphatic hydroxyl groups is 1. The van der Waals surface area contributed by atoms with Crippen molar-refractivity contribution in [2.45, 2.75) is 0 Å². The molecule has 2 N–H and O–H groups in total. The molecule has 0 radical (unpaired) electrons. The highest BCUT2D eigenvalue weighted by Crippen LogP contribution is 2.00. The molecule has 78 valence electrons. The molecule has 0 aromatic carbocycles. The Morgan fingerprint density at radius 2 is 2.08 bits per heavy atom.